The average Bonchev–Trinajstić information content (AvgIpc) is 2.55. The zero-order chi connectivity index (χ0) is 10.7. The lowest BCUT2D eigenvalue weighted by Gasteiger charge is -2.20. The van der Waals surface area contributed by atoms with Crippen molar-refractivity contribution in [3.05, 3.63) is 18.2 Å². The van der Waals surface area contributed by atoms with Crippen LogP contribution in [-0.4, -0.2) is 9.55 Å². The van der Waals surface area contributed by atoms with Crippen molar-refractivity contribution in [1.82, 2.24) is 9.55 Å². The van der Waals surface area contributed by atoms with E-state index < -0.39 is 0 Å². The highest BCUT2D eigenvalue weighted by Gasteiger charge is 2.17. The summed E-state index contributed by atoms with van der Waals surface area (Å²) in [6, 6.07) is 0.728. The van der Waals surface area contributed by atoms with Gasteiger partial charge in [0.25, 0.3) is 0 Å². The summed E-state index contributed by atoms with van der Waals surface area (Å²) in [5, 5.41) is 0. The highest BCUT2D eigenvalue weighted by Crippen LogP contribution is 2.29. The minimum absolute atomic E-state index is 0.0933. The number of nitrogens with two attached hydrogens (primary N) is 1. The van der Waals surface area contributed by atoms with E-state index in [0.29, 0.717) is 6.04 Å². The summed E-state index contributed by atoms with van der Waals surface area (Å²) in [6.45, 7) is 2.03. The van der Waals surface area contributed by atoms with E-state index in [1.54, 1.807) is 0 Å². The fraction of sp³-hybridized carbons (Fsp3) is 0.750. The topological polar surface area (TPSA) is 43.8 Å². The van der Waals surface area contributed by atoms with Crippen LogP contribution in [0, 0.1) is 0 Å². The van der Waals surface area contributed by atoms with E-state index in [1.165, 1.54) is 44.2 Å². The van der Waals surface area contributed by atoms with Gasteiger partial charge in [-0.05, 0) is 19.8 Å². The molecule has 0 spiro atoms. The lowest BCUT2D eigenvalue weighted by atomic mass is 10.1. The fourth-order valence-corrected chi connectivity index (χ4v) is 2.51. The summed E-state index contributed by atoms with van der Waals surface area (Å²) >= 11 is 0. The Hall–Kier alpha value is -0.830. The standard InChI is InChI=1S/C12H21N3/c1-10(13)12-8-14-9-15(12)11-6-4-2-3-5-7-11/h8-11H,2-7,13H2,1H3/t10-/m1/s1. The van der Waals surface area contributed by atoms with E-state index in [2.05, 4.69) is 9.55 Å². The maximum atomic E-state index is 5.94. The molecule has 1 aliphatic carbocycles. The number of nitrogens with zero attached hydrogens (tertiary/aromatic N) is 2. The Labute approximate surface area is 91.7 Å². The summed E-state index contributed by atoms with van der Waals surface area (Å²) < 4.78 is 2.30. The van der Waals surface area contributed by atoms with Crippen LogP contribution in [0.25, 0.3) is 0 Å². The molecule has 2 rings (SSSR count). The van der Waals surface area contributed by atoms with Gasteiger partial charge in [-0.3, -0.25) is 0 Å². The SMILES string of the molecule is C[C@@H](N)c1cncn1C1CCCCCC1. The van der Waals surface area contributed by atoms with Crippen molar-refractivity contribution in [1.29, 1.82) is 0 Å². The number of hydrogen-bond donors (Lipinski definition) is 1. The minimum atomic E-state index is 0.0933. The summed E-state index contributed by atoms with van der Waals surface area (Å²) in [6.07, 6.45) is 11.9. The van der Waals surface area contributed by atoms with Crippen LogP contribution in [0.5, 0.6) is 0 Å². The van der Waals surface area contributed by atoms with Crippen molar-refractivity contribution in [2.45, 2.75) is 57.5 Å². The highest BCUT2D eigenvalue weighted by atomic mass is 15.1. The van der Waals surface area contributed by atoms with Gasteiger partial charge in [-0.1, -0.05) is 25.7 Å². The molecular formula is C12H21N3. The number of imidazole rings is 1. The van der Waals surface area contributed by atoms with Crippen molar-refractivity contribution in [2.24, 2.45) is 5.73 Å². The van der Waals surface area contributed by atoms with Gasteiger partial charge in [-0.2, -0.15) is 0 Å². The normalized spacial score (nSPS) is 21.2. The van der Waals surface area contributed by atoms with E-state index >= 15 is 0 Å². The molecule has 84 valence electrons. The van der Waals surface area contributed by atoms with Gasteiger partial charge >= 0.3 is 0 Å². The van der Waals surface area contributed by atoms with E-state index in [4.69, 9.17) is 5.73 Å². The van der Waals surface area contributed by atoms with Gasteiger partial charge in [0, 0.05) is 18.3 Å². The molecular weight excluding hydrogens is 186 g/mol. The molecule has 0 bridgehead atoms. The van der Waals surface area contributed by atoms with E-state index in [0.717, 1.165) is 0 Å². The smallest absolute Gasteiger partial charge is 0.0951 e. The predicted molar refractivity (Wildman–Crippen MR) is 61.6 cm³/mol. The Morgan fingerprint density at radius 1 is 1.33 bits per heavy atom. The average molecular weight is 207 g/mol. The van der Waals surface area contributed by atoms with Gasteiger partial charge in [-0.15, -0.1) is 0 Å². The zero-order valence-electron chi connectivity index (χ0n) is 9.52. The first-order chi connectivity index (χ1) is 7.29. The Balaban J connectivity index is 2.15. The summed E-state index contributed by atoms with van der Waals surface area (Å²) in [5.41, 5.74) is 7.13. The van der Waals surface area contributed by atoms with Crippen LogP contribution in [-0.2, 0) is 0 Å². The molecule has 1 atom stereocenters. The van der Waals surface area contributed by atoms with Crippen LogP contribution in [0.3, 0.4) is 0 Å². The first kappa shape index (κ1) is 10.7. The predicted octanol–water partition coefficient (Wildman–Crippen LogP) is 2.80. The quantitative estimate of drug-likeness (QED) is 0.758. The molecule has 0 aliphatic heterocycles. The third-order valence-corrected chi connectivity index (χ3v) is 3.38. The van der Waals surface area contributed by atoms with Gasteiger partial charge in [0.05, 0.1) is 12.0 Å². The molecule has 0 aromatic carbocycles. The van der Waals surface area contributed by atoms with E-state index in [-0.39, 0.29) is 6.04 Å². The van der Waals surface area contributed by atoms with Crippen LogP contribution in [0.15, 0.2) is 12.5 Å². The van der Waals surface area contributed by atoms with Crippen LogP contribution in [0.2, 0.25) is 0 Å². The number of aromatic nitrogens is 2. The maximum absolute atomic E-state index is 5.94. The van der Waals surface area contributed by atoms with Gasteiger partial charge in [0.2, 0.25) is 0 Å². The molecule has 3 nitrogen and oxygen atoms in total. The van der Waals surface area contributed by atoms with E-state index in [1.807, 2.05) is 19.4 Å². The molecule has 0 saturated heterocycles. The molecule has 1 aliphatic rings. The summed E-state index contributed by atoms with van der Waals surface area (Å²) in [5.74, 6) is 0. The van der Waals surface area contributed by atoms with Crippen molar-refractivity contribution in [2.75, 3.05) is 0 Å². The van der Waals surface area contributed by atoms with E-state index in [9.17, 15) is 0 Å². The fourth-order valence-electron chi connectivity index (χ4n) is 2.51. The third kappa shape index (κ3) is 2.40. The van der Waals surface area contributed by atoms with Gasteiger partial charge in [0.15, 0.2) is 0 Å². The molecule has 0 unspecified atom stereocenters. The highest BCUT2D eigenvalue weighted by molar-refractivity contribution is 5.05. The molecule has 0 radical (unpaired) electrons. The molecule has 2 N–H and O–H groups in total. The molecule has 0 amide bonds. The van der Waals surface area contributed by atoms with Crippen LogP contribution >= 0.6 is 0 Å². The number of hydrogen-bond acceptors (Lipinski definition) is 2. The first-order valence-electron chi connectivity index (χ1n) is 6.06. The molecule has 1 aromatic heterocycles. The molecule has 15 heavy (non-hydrogen) atoms. The summed E-state index contributed by atoms with van der Waals surface area (Å²) in [7, 11) is 0. The number of rotatable bonds is 2. The van der Waals surface area contributed by atoms with Crippen LogP contribution in [0.4, 0.5) is 0 Å². The Bertz CT molecular complexity index is 296. The maximum Gasteiger partial charge on any atom is 0.0951 e. The van der Waals surface area contributed by atoms with Gasteiger partial charge < -0.3 is 10.3 Å². The Kier molecular flexibility index (Phi) is 3.41. The van der Waals surface area contributed by atoms with Gasteiger partial charge in [0.1, 0.15) is 0 Å². The second-order valence-corrected chi connectivity index (χ2v) is 4.66. The Morgan fingerprint density at radius 3 is 2.60 bits per heavy atom. The van der Waals surface area contributed by atoms with Gasteiger partial charge in [-0.25, -0.2) is 4.98 Å². The third-order valence-electron chi connectivity index (χ3n) is 3.38. The second-order valence-electron chi connectivity index (χ2n) is 4.66. The lowest BCUT2D eigenvalue weighted by Crippen LogP contribution is -2.16. The summed E-state index contributed by atoms with van der Waals surface area (Å²) in [4.78, 5) is 4.23. The molecule has 1 aromatic rings. The van der Waals surface area contributed by atoms with Crippen LogP contribution < -0.4 is 5.73 Å². The Morgan fingerprint density at radius 2 is 2.00 bits per heavy atom. The van der Waals surface area contributed by atoms with Crippen molar-refractivity contribution in [3.63, 3.8) is 0 Å². The lowest BCUT2D eigenvalue weighted by molar-refractivity contribution is 0.425. The molecule has 1 saturated carbocycles. The zero-order valence-corrected chi connectivity index (χ0v) is 9.52. The first-order valence-corrected chi connectivity index (χ1v) is 6.06. The van der Waals surface area contributed by atoms with Crippen molar-refractivity contribution in [3.8, 4) is 0 Å². The second kappa shape index (κ2) is 4.79. The minimum Gasteiger partial charge on any atom is -0.330 e. The van der Waals surface area contributed by atoms with Crippen molar-refractivity contribution < 1.29 is 0 Å². The molecule has 1 heterocycles. The van der Waals surface area contributed by atoms with Crippen LogP contribution in [0.1, 0.15) is 63.2 Å². The molecule has 3 heteroatoms. The monoisotopic (exact) mass is 207 g/mol. The largest absolute Gasteiger partial charge is 0.330 e. The molecule has 1 fully saturated rings. The van der Waals surface area contributed by atoms with Crippen molar-refractivity contribution >= 4 is 0 Å².